The summed E-state index contributed by atoms with van der Waals surface area (Å²) in [5.74, 6) is 0.645. The number of nitrogens with zero attached hydrogens (tertiary/aromatic N) is 1. The maximum absolute atomic E-state index is 12.4. The molecular formula is C19H27N3O2S. The molecule has 0 unspecified atom stereocenters. The minimum atomic E-state index is -0.140. The monoisotopic (exact) mass is 361 g/mol. The van der Waals surface area contributed by atoms with Crippen molar-refractivity contribution < 1.29 is 9.59 Å². The predicted molar refractivity (Wildman–Crippen MR) is 105 cm³/mol. The lowest BCUT2D eigenvalue weighted by atomic mass is 9.96. The standard InChI is InChI=1S/C19H27N3O2S/c23-18(11-13-25)22-12-5-8-15-16(9-4-10-17(15)22)21-19(24)20-14-6-2-1-3-7-14/h4,9-10,14,25H,1-3,5-8,11-13H2,(H2,20,21,24). The van der Waals surface area contributed by atoms with Crippen LogP contribution in [0.5, 0.6) is 0 Å². The maximum atomic E-state index is 12.4. The number of benzene rings is 1. The Labute approximate surface area is 155 Å². The van der Waals surface area contributed by atoms with Gasteiger partial charge in [0.25, 0.3) is 0 Å². The van der Waals surface area contributed by atoms with Gasteiger partial charge in [0.05, 0.1) is 0 Å². The van der Waals surface area contributed by atoms with E-state index in [4.69, 9.17) is 0 Å². The molecule has 3 amide bonds. The highest BCUT2D eigenvalue weighted by Gasteiger charge is 2.24. The Morgan fingerprint density at radius 3 is 2.72 bits per heavy atom. The van der Waals surface area contributed by atoms with Crippen LogP contribution in [0, 0.1) is 0 Å². The predicted octanol–water partition coefficient (Wildman–Crippen LogP) is 3.74. The van der Waals surface area contributed by atoms with Gasteiger partial charge < -0.3 is 15.5 Å². The number of fused-ring (bicyclic) bond motifs is 1. The summed E-state index contributed by atoms with van der Waals surface area (Å²) in [5, 5.41) is 6.09. The molecule has 3 rings (SSSR count). The Kier molecular flexibility index (Phi) is 6.24. The van der Waals surface area contributed by atoms with Crippen LogP contribution in [0.25, 0.3) is 0 Å². The second-order valence-electron chi connectivity index (χ2n) is 6.86. The van der Waals surface area contributed by atoms with Crippen molar-refractivity contribution in [2.45, 2.75) is 57.4 Å². The van der Waals surface area contributed by atoms with Crippen molar-refractivity contribution in [3.8, 4) is 0 Å². The zero-order valence-electron chi connectivity index (χ0n) is 14.6. The molecule has 1 aromatic rings. The van der Waals surface area contributed by atoms with Crippen molar-refractivity contribution in [2.24, 2.45) is 0 Å². The van der Waals surface area contributed by atoms with Crippen LogP contribution in [0.1, 0.15) is 50.5 Å². The Morgan fingerprint density at radius 2 is 1.96 bits per heavy atom. The number of carbonyl (C=O) groups excluding carboxylic acids is 2. The molecule has 25 heavy (non-hydrogen) atoms. The van der Waals surface area contributed by atoms with E-state index < -0.39 is 0 Å². The number of amides is 3. The van der Waals surface area contributed by atoms with Gasteiger partial charge in [-0.3, -0.25) is 4.79 Å². The molecule has 0 atom stereocenters. The van der Waals surface area contributed by atoms with Crippen LogP contribution in [-0.2, 0) is 11.2 Å². The molecule has 5 nitrogen and oxygen atoms in total. The quantitative estimate of drug-likeness (QED) is 0.716. The lowest BCUT2D eigenvalue weighted by Crippen LogP contribution is -2.39. The van der Waals surface area contributed by atoms with E-state index in [0.29, 0.717) is 12.2 Å². The van der Waals surface area contributed by atoms with Gasteiger partial charge in [-0.1, -0.05) is 25.3 Å². The number of nitrogens with one attached hydrogen (secondary N) is 2. The fourth-order valence-corrected chi connectivity index (χ4v) is 4.01. The maximum Gasteiger partial charge on any atom is 0.319 e. The third-order valence-electron chi connectivity index (χ3n) is 5.07. The number of hydrogen-bond donors (Lipinski definition) is 3. The van der Waals surface area contributed by atoms with Crippen molar-refractivity contribution >= 4 is 35.9 Å². The van der Waals surface area contributed by atoms with E-state index >= 15 is 0 Å². The molecule has 0 spiro atoms. The summed E-state index contributed by atoms with van der Waals surface area (Å²) < 4.78 is 0. The molecule has 1 saturated carbocycles. The van der Waals surface area contributed by atoms with Crippen LogP contribution in [0.15, 0.2) is 18.2 Å². The molecule has 1 heterocycles. The molecule has 136 valence electrons. The molecule has 1 aromatic carbocycles. The van der Waals surface area contributed by atoms with E-state index in [-0.39, 0.29) is 18.0 Å². The van der Waals surface area contributed by atoms with Crippen LogP contribution in [0.4, 0.5) is 16.2 Å². The van der Waals surface area contributed by atoms with Gasteiger partial charge in [0, 0.05) is 30.4 Å². The fourth-order valence-electron chi connectivity index (χ4n) is 3.82. The Balaban J connectivity index is 1.71. The van der Waals surface area contributed by atoms with Gasteiger partial charge in [0.2, 0.25) is 5.91 Å². The summed E-state index contributed by atoms with van der Waals surface area (Å²) in [6.45, 7) is 0.733. The Morgan fingerprint density at radius 1 is 1.16 bits per heavy atom. The van der Waals surface area contributed by atoms with E-state index in [9.17, 15) is 9.59 Å². The average molecular weight is 362 g/mol. The van der Waals surface area contributed by atoms with Crippen molar-refractivity contribution in [3.05, 3.63) is 23.8 Å². The Bertz CT molecular complexity index is 629. The number of hydrogen-bond acceptors (Lipinski definition) is 3. The first-order chi connectivity index (χ1) is 12.2. The summed E-state index contributed by atoms with van der Waals surface area (Å²) >= 11 is 4.17. The number of rotatable bonds is 4. The SMILES string of the molecule is O=C(Nc1cccc2c1CCCN2C(=O)CCS)NC1CCCCC1. The van der Waals surface area contributed by atoms with E-state index in [2.05, 4.69) is 23.3 Å². The molecule has 1 aliphatic heterocycles. The summed E-state index contributed by atoms with van der Waals surface area (Å²) in [6.07, 6.45) is 7.99. The topological polar surface area (TPSA) is 61.4 Å². The smallest absolute Gasteiger partial charge is 0.319 e. The number of carbonyl (C=O) groups is 2. The largest absolute Gasteiger partial charge is 0.335 e. The first-order valence-corrected chi connectivity index (χ1v) is 9.93. The number of anilines is 2. The zero-order chi connectivity index (χ0) is 17.6. The van der Waals surface area contributed by atoms with E-state index in [1.807, 2.05) is 23.1 Å². The van der Waals surface area contributed by atoms with Gasteiger partial charge in [-0.2, -0.15) is 12.6 Å². The van der Waals surface area contributed by atoms with Gasteiger partial charge in [-0.05, 0) is 49.1 Å². The van der Waals surface area contributed by atoms with Gasteiger partial charge in [0.15, 0.2) is 0 Å². The zero-order valence-corrected chi connectivity index (χ0v) is 15.5. The van der Waals surface area contributed by atoms with Crippen LogP contribution < -0.4 is 15.5 Å². The molecule has 6 heteroatoms. The minimum Gasteiger partial charge on any atom is -0.335 e. The lowest BCUT2D eigenvalue weighted by Gasteiger charge is -2.31. The summed E-state index contributed by atoms with van der Waals surface area (Å²) in [7, 11) is 0. The van der Waals surface area contributed by atoms with Gasteiger partial charge in [0.1, 0.15) is 0 Å². The first kappa shape index (κ1) is 18.1. The summed E-state index contributed by atoms with van der Waals surface area (Å²) in [6, 6.07) is 5.93. The number of urea groups is 1. The highest BCUT2D eigenvalue weighted by atomic mass is 32.1. The third kappa shape index (κ3) is 4.48. The van der Waals surface area contributed by atoms with E-state index in [1.54, 1.807) is 0 Å². The van der Waals surface area contributed by atoms with Crippen molar-refractivity contribution in [3.63, 3.8) is 0 Å². The Hall–Kier alpha value is -1.69. The molecule has 0 bridgehead atoms. The molecule has 0 aromatic heterocycles. The van der Waals surface area contributed by atoms with Crippen LogP contribution in [0.3, 0.4) is 0 Å². The van der Waals surface area contributed by atoms with E-state index in [1.165, 1.54) is 19.3 Å². The summed E-state index contributed by atoms with van der Waals surface area (Å²) in [4.78, 5) is 26.5. The molecule has 0 saturated heterocycles. The average Bonchev–Trinajstić information content (AvgIpc) is 2.62. The molecule has 1 fully saturated rings. The molecule has 2 N–H and O–H groups in total. The molecule has 2 aliphatic rings. The minimum absolute atomic E-state index is 0.0970. The first-order valence-electron chi connectivity index (χ1n) is 9.29. The lowest BCUT2D eigenvalue weighted by molar-refractivity contribution is -0.118. The second-order valence-corrected chi connectivity index (χ2v) is 7.31. The highest BCUT2D eigenvalue weighted by Crippen LogP contribution is 2.33. The van der Waals surface area contributed by atoms with Crippen molar-refractivity contribution in [1.29, 1.82) is 0 Å². The van der Waals surface area contributed by atoms with Gasteiger partial charge >= 0.3 is 6.03 Å². The summed E-state index contributed by atoms with van der Waals surface area (Å²) in [5.41, 5.74) is 2.79. The molecule has 1 aliphatic carbocycles. The normalized spacial score (nSPS) is 17.7. The second kappa shape index (κ2) is 8.61. The van der Waals surface area contributed by atoms with Gasteiger partial charge in [-0.25, -0.2) is 4.79 Å². The van der Waals surface area contributed by atoms with Crippen molar-refractivity contribution in [2.75, 3.05) is 22.5 Å². The third-order valence-corrected chi connectivity index (χ3v) is 5.29. The van der Waals surface area contributed by atoms with Crippen LogP contribution >= 0.6 is 12.6 Å². The highest BCUT2D eigenvalue weighted by molar-refractivity contribution is 7.80. The number of thiol groups is 1. The van der Waals surface area contributed by atoms with Crippen molar-refractivity contribution in [1.82, 2.24) is 5.32 Å². The van der Waals surface area contributed by atoms with Gasteiger partial charge in [-0.15, -0.1) is 0 Å². The molecule has 0 radical (unpaired) electrons. The van der Waals surface area contributed by atoms with Crippen LogP contribution in [0.2, 0.25) is 0 Å². The van der Waals surface area contributed by atoms with E-state index in [0.717, 1.165) is 49.2 Å². The fraction of sp³-hybridized carbons (Fsp3) is 0.579. The molecular weight excluding hydrogens is 334 g/mol. The van der Waals surface area contributed by atoms with Crippen LogP contribution in [-0.4, -0.2) is 30.3 Å².